The highest BCUT2D eigenvalue weighted by atomic mass is 79.9. The first kappa shape index (κ1) is 12.2. The molecule has 2 nitrogen and oxygen atoms in total. The molecule has 3 heteroatoms. The standard InChI is InChI=1S/C15H19BrN2/c1-2-18-11-12(10-17-8-3-4-9-17)13-6-5-7-14(16)15(13)18/h5-7,11H,2-4,8-10H2,1H3. The second-order valence-corrected chi connectivity index (χ2v) is 5.91. The Labute approximate surface area is 117 Å². The van der Waals surface area contributed by atoms with Crippen molar-refractivity contribution in [1.29, 1.82) is 0 Å². The number of halogens is 1. The summed E-state index contributed by atoms with van der Waals surface area (Å²) in [5.74, 6) is 0. The van der Waals surface area contributed by atoms with E-state index in [0.717, 1.165) is 13.1 Å². The molecule has 0 spiro atoms. The monoisotopic (exact) mass is 306 g/mol. The molecule has 0 amide bonds. The third-order valence-corrected chi connectivity index (χ3v) is 4.50. The van der Waals surface area contributed by atoms with Gasteiger partial charge in [-0.05, 0) is 60.4 Å². The van der Waals surface area contributed by atoms with Crippen LogP contribution in [-0.2, 0) is 13.1 Å². The van der Waals surface area contributed by atoms with E-state index >= 15 is 0 Å². The van der Waals surface area contributed by atoms with Gasteiger partial charge >= 0.3 is 0 Å². The molecule has 18 heavy (non-hydrogen) atoms. The predicted molar refractivity (Wildman–Crippen MR) is 79.8 cm³/mol. The van der Waals surface area contributed by atoms with E-state index in [1.165, 1.54) is 46.9 Å². The number of fused-ring (bicyclic) bond motifs is 1. The maximum absolute atomic E-state index is 3.68. The second-order valence-electron chi connectivity index (χ2n) is 5.06. The van der Waals surface area contributed by atoms with Gasteiger partial charge in [-0.1, -0.05) is 12.1 Å². The number of hydrogen-bond donors (Lipinski definition) is 0. The molecule has 0 aliphatic carbocycles. The smallest absolute Gasteiger partial charge is 0.0627 e. The molecule has 0 unspecified atom stereocenters. The Kier molecular flexibility index (Phi) is 3.44. The van der Waals surface area contributed by atoms with E-state index in [2.05, 4.69) is 56.7 Å². The summed E-state index contributed by atoms with van der Waals surface area (Å²) in [6, 6.07) is 6.52. The first-order valence-electron chi connectivity index (χ1n) is 6.78. The highest BCUT2D eigenvalue weighted by Gasteiger charge is 2.16. The van der Waals surface area contributed by atoms with Crippen molar-refractivity contribution >= 4 is 26.8 Å². The summed E-state index contributed by atoms with van der Waals surface area (Å²) in [5.41, 5.74) is 2.81. The number of para-hydroxylation sites is 1. The largest absolute Gasteiger partial charge is 0.347 e. The minimum Gasteiger partial charge on any atom is -0.347 e. The molecule has 0 bridgehead atoms. The first-order valence-corrected chi connectivity index (χ1v) is 7.57. The number of hydrogen-bond acceptors (Lipinski definition) is 1. The fourth-order valence-electron chi connectivity index (χ4n) is 2.95. The van der Waals surface area contributed by atoms with E-state index < -0.39 is 0 Å². The number of benzene rings is 1. The molecule has 2 aromatic rings. The van der Waals surface area contributed by atoms with Crippen LogP contribution in [0.1, 0.15) is 25.3 Å². The van der Waals surface area contributed by atoms with Crippen molar-refractivity contribution in [3.63, 3.8) is 0 Å². The molecule has 1 aromatic carbocycles. The lowest BCUT2D eigenvalue weighted by atomic mass is 10.1. The molecule has 96 valence electrons. The van der Waals surface area contributed by atoms with Crippen LogP contribution in [-0.4, -0.2) is 22.6 Å². The van der Waals surface area contributed by atoms with E-state index in [9.17, 15) is 0 Å². The summed E-state index contributed by atoms with van der Waals surface area (Å²) >= 11 is 3.68. The van der Waals surface area contributed by atoms with Gasteiger partial charge in [0.15, 0.2) is 0 Å². The average molecular weight is 307 g/mol. The lowest BCUT2D eigenvalue weighted by Gasteiger charge is -2.13. The number of nitrogens with zero attached hydrogens (tertiary/aromatic N) is 2. The first-order chi connectivity index (χ1) is 8.79. The Morgan fingerprint density at radius 3 is 2.72 bits per heavy atom. The number of rotatable bonds is 3. The van der Waals surface area contributed by atoms with Crippen molar-refractivity contribution in [2.24, 2.45) is 0 Å². The Balaban J connectivity index is 2.03. The highest BCUT2D eigenvalue weighted by Crippen LogP contribution is 2.29. The molecule has 1 saturated heterocycles. The normalized spacial score (nSPS) is 16.8. The van der Waals surface area contributed by atoms with Gasteiger partial charge in [-0.3, -0.25) is 4.90 Å². The SMILES string of the molecule is CCn1cc(CN2CCCC2)c2cccc(Br)c21. The zero-order valence-electron chi connectivity index (χ0n) is 10.8. The third kappa shape index (κ3) is 2.10. The Hall–Kier alpha value is -0.800. The summed E-state index contributed by atoms with van der Waals surface area (Å²) < 4.78 is 3.56. The second kappa shape index (κ2) is 5.06. The Bertz CT molecular complexity index is 553. The summed E-state index contributed by atoms with van der Waals surface area (Å²) in [4.78, 5) is 2.57. The molecule has 1 aliphatic heterocycles. The van der Waals surface area contributed by atoms with E-state index in [1.807, 2.05) is 0 Å². The number of aromatic nitrogens is 1. The quantitative estimate of drug-likeness (QED) is 0.831. The Morgan fingerprint density at radius 2 is 2.00 bits per heavy atom. The molecule has 1 aliphatic rings. The van der Waals surface area contributed by atoms with Gasteiger partial charge in [-0.25, -0.2) is 0 Å². The molecule has 0 radical (unpaired) electrons. The third-order valence-electron chi connectivity index (χ3n) is 3.86. The van der Waals surface area contributed by atoms with Crippen LogP contribution in [0.2, 0.25) is 0 Å². The fraction of sp³-hybridized carbons (Fsp3) is 0.467. The van der Waals surface area contributed by atoms with Crippen LogP contribution in [0.15, 0.2) is 28.9 Å². The minimum absolute atomic E-state index is 1.03. The molecule has 1 aromatic heterocycles. The lowest BCUT2D eigenvalue weighted by Crippen LogP contribution is -2.18. The van der Waals surface area contributed by atoms with Gasteiger partial charge < -0.3 is 4.57 Å². The van der Waals surface area contributed by atoms with E-state index in [1.54, 1.807) is 0 Å². The van der Waals surface area contributed by atoms with Gasteiger partial charge in [-0.2, -0.15) is 0 Å². The van der Waals surface area contributed by atoms with Crippen LogP contribution in [0.3, 0.4) is 0 Å². The summed E-state index contributed by atoms with van der Waals surface area (Å²) in [6.45, 7) is 6.84. The van der Waals surface area contributed by atoms with Crippen LogP contribution in [0.4, 0.5) is 0 Å². The molecular formula is C15H19BrN2. The van der Waals surface area contributed by atoms with Crippen molar-refractivity contribution < 1.29 is 0 Å². The van der Waals surface area contributed by atoms with Gasteiger partial charge in [-0.15, -0.1) is 0 Å². The summed E-state index contributed by atoms with van der Waals surface area (Å²) in [5, 5.41) is 1.40. The Morgan fingerprint density at radius 1 is 1.22 bits per heavy atom. The fourth-order valence-corrected chi connectivity index (χ4v) is 3.54. The summed E-state index contributed by atoms with van der Waals surface area (Å²) in [7, 11) is 0. The van der Waals surface area contributed by atoms with Crippen molar-refractivity contribution in [3.05, 3.63) is 34.4 Å². The van der Waals surface area contributed by atoms with Crippen molar-refractivity contribution in [1.82, 2.24) is 9.47 Å². The average Bonchev–Trinajstić information content (AvgIpc) is 2.99. The number of aryl methyl sites for hydroxylation is 1. The van der Waals surface area contributed by atoms with Crippen LogP contribution in [0.25, 0.3) is 10.9 Å². The van der Waals surface area contributed by atoms with Crippen LogP contribution in [0.5, 0.6) is 0 Å². The van der Waals surface area contributed by atoms with Gasteiger partial charge in [0, 0.05) is 29.1 Å². The molecule has 0 atom stereocenters. The molecule has 2 heterocycles. The maximum Gasteiger partial charge on any atom is 0.0627 e. The molecule has 3 rings (SSSR count). The molecule has 1 fully saturated rings. The van der Waals surface area contributed by atoms with Crippen LogP contribution < -0.4 is 0 Å². The van der Waals surface area contributed by atoms with Gasteiger partial charge in [0.1, 0.15) is 0 Å². The minimum atomic E-state index is 1.03. The van der Waals surface area contributed by atoms with Gasteiger partial charge in [0.05, 0.1) is 5.52 Å². The van der Waals surface area contributed by atoms with E-state index in [4.69, 9.17) is 0 Å². The predicted octanol–water partition coefficient (Wildman–Crippen LogP) is 4.02. The topological polar surface area (TPSA) is 8.17 Å². The lowest BCUT2D eigenvalue weighted by molar-refractivity contribution is 0.332. The summed E-state index contributed by atoms with van der Waals surface area (Å²) in [6.07, 6.45) is 5.04. The molecular weight excluding hydrogens is 288 g/mol. The van der Waals surface area contributed by atoms with Gasteiger partial charge in [0.25, 0.3) is 0 Å². The molecule has 0 saturated carbocycles. The zero-order valence-corrected chi connectivity index (χ0v) is 12.4. The van der Waals surface area contributed by atoms with Gasteiger partial charge in [0.2, 0.25) is 0 Å². The van der Waals surface area contributed by atoms with Crippen molar-refractivity contribution in [2.75, 3.05) is 13.1 Å². The highest BCUT2D eigenvalue weighted by molar-refractivity contribution is 9.10. The van der Waals surface area contributed by atoms with Crippen LogP contribution in [0, 0.1) is 0 Å². The van der Waals surface area contributed by atoms with E-state index in [0.29, 0.717) is 0 Å². The van der Waals surface area contributed by atoms with Crippen molar-refractivity contribution in [2.45, 2.75) is 32.9 Å². The number of likely N-dealkylation sites (tertiary alicyclic amines) is 1. The van der Waals surface area contributed by atoms with E-state index in [-0.39, 0.29) is 0 Å². The maximum atomic E-state index is 3.68. The van der Waals surface area contributed by atoms with Crippen molar-refractivity contribution in [3.8, 4) is 0 Å². The zero-order chi connectivity index (χ0) is 12.5. The molecule has 0 N–H and O–H groups in total. The van der Waals surface area contributed by atoms with Crippen LogP contribution >= 0.6 is 15.9 Å².